The first kappa shape index (κ1) is 11.6. The van der Waals surface area contributed by atoms with Crippen molar-refractivity contribution < 1.29 is 5.11 Å². The van der Waals surface area contributed by atoms with Crippen molar-refractivity contribution in [2.75, 3.05) is 6.61 Å². The Bertz CT molecular complexity index is 253. The molecule has 14 heavy (non-hydrogen) atoms. The van der Waals surface area contributed by atoms with Crippen molar-refractivity contribution >= 4 is 11.8 Å². The molecule has 78 valence electrons. The minimum Gasteiger partial charge on any atom is -0.395 e. The van der Waals surface area contributed by atoms with Crippen LogP contribution in [0.2, 0.25) is 0 Å². The molecule has 0 aliphatic rings. The highest BCUT2D eigenvalue weighted by Crippen LogP contribution is 2.24. The van der Waals surface area contributed by atoms with E-state index in [1.807, 2.05) is 37.3 Å². The van der Waals surface area contributed by atoms with Crippen LogP contribution in [0.4, 0.5) is 0 Å². The van der Waals surface area contributed by atoms with Crippen LogP contribution in [-0.2, 0) is 0 Å². The molecule has 2 unspecified atom stereocenters. The van der Waals surface area contributed by atoms with E-state index in [2.05, 4.69) is 0 Å². The molecule has 0 saturated carbocycles. The third-order valence-corrected chi connectivity index (χ3v) is 3.51. The van der Waals surface area contributed by atoms with Gasteiger partial charge in [-0.15, -0.1) is 11.8 Å². The molecule has 2 atom stereocenters. The van der Waals surface area contributed by atoms with Gasteiger partial charge in [0.25, 0.3) is 0 Å². The Labute approximate surface area is 89.5 Å². The van der Waals surface area contributed by atoms with Gasteiger partial charge in [0.1, 0.15) is 0 Å². The predicted octanol–water partition coefficient (Wildman–Crippen LogP) is 1.88. The summed E-state index contributed by atoms with van der Waals surface area (Å²) in [5.74, 6) is 0. The standard InChI is InChI=1S/C11H17NOS/c1-2-10(12)11(8-13)14-9-6-4-3-5-7-9/h3-7,10-11,13H,2,8,12H2,1H3. The Morgan fingerprint density at radius 3 is 2.50 bits per heavy atom. The van der Waals surface area contributed by atoms with Gasteiger partial charge >= 0.3 is 0 Å². The Morgan fingerprint density at radius 2 is 2.00 bits per heavy atom. The largest absolute Gasteiger partial charge is 0.395 e. The molecule has 1 aromatic rings. The Hall–Kier alpha value is -0.510. The van der Waals surface area contributed by atoms with Gasteiger partial charge in [0.05, 0.1) is 6.61 Å². The van der Waals surface area contributed by atoms with E-state index in [0.717, 1.165) is 11.3 Å². The van der Waals surface area contributed by atoms with E-state index in [-0.39, 0.29) is 17.9 Å². The second-order valence-electron chi connectivity index (χ2n) is 3.22. The summed E-state index contributed by atoms with van der Waals surface area (Å²) >= 11 is 1.65. The lowest BCUT2D eigenvalue weighted by atomic mass is 10.2. The van der Waals surface area contributed by atoms with Gasteiger partial charge in [-0.25, -0.2) is 0 Å². The van der Waals surface area contributed by atoms with E-state index in [1.54, 1.807) is 11.8 Å². The van der Waals surface area contributed by atoms with Crippen LogP contribution >= 0.6 is 11.8 Å². The van der Waals surface area contributed by atoms with Crippen LogP contribution < -0.4 is 5.73 Å². The lowest BCUT2D eigenvalue weighted by Gasteiger charge is -2.19. The number of hydrogen-bond acceptors (Lipinski definition) is 3. The maximum atomic E-state index is 9.19. The van der Waals surface area contributed by atoms with Crippen LogP contribution in [0.5, 0.6) is 0 Å². The van der Waals surface area contributed by atoms with Crippen molar-refractivity contribution in [1.82, 2.24) is 0 Å². The molecule has 0 amide bonds. The molecule has 0 spiro atoms. The topological polar surface area (TPSA) is 46.2 Å². The van der Waals surface area contributed by atoms with Crippen molar-refractivity contribution in [2.24, 2.45) is 5.73 Å². The molecule has 1 aromatic carbocycles. The average Bonchev–Trinajstić information content (AvgIpc) is 2.26. The number of rotatable bonds is 5. The second-order valence-corrected chi connectivity index (χ2v) is 4.54. The minimum absolute atomic E-state index is 0.0604. The lowest BCUT2D eigenvalue weighted by Crippen LogP contribution is -2.34. The maximum absolute atomic E-state index is 9.19. The van der Waals surface area contributed by atoms with E-state index < -0.39 is 0 Å². The lowest BCUT2D eigenvalue weighted by molar-refractivity contribution is 0.281. The summed E-state index contributed by atoms with van der Waals surface area (Å²) in [5, 5.41) is 9.29. The molecule has 3 heteroatoms. The number of thioether (sulfide) groups is 1. The molecular formula is C11H17NOS. The Kier molecular flexibility index (Phi) is 5.01. The first-order chi connectivity index (χ1) is 6.77. The van der Waals surface area contributed by atoms with Gasteiger partial charge in [0, 0.05) is 16.2 Å². The first-order valence-corrected chi connectivity index (χ1v) is 5.74. The molecule has 0 heterocycles. The van der Waals surface area contributed by atoms with Gasteiger partial charge in [0.2, 0.25) is 0 Å². The van der Waals surface area contributed by atoms with E-state index >= 15 is 0 Å². The van der Waals surface area contributed by atoms with E-state index in [9.17, 15) is 5.11 Å². The van der Waals surface area contributed by atoms with Crippen molar-refractivity contribution in [3.8, 4) is 0 Å². The molecular weight excluding hydrogens is 194 g/mol. The van der Waals surface area contributed by atoms with Gasteiger partial charge in [-0.1, -0.05) is 25.1 Å². The molecule has 0 aliphatic carbocycles. The van der Waals surface area contributed by atoms with E-state index in [0.29, 0.717) is 0 Å². The van der Waals surface area contributed by atoms with Crippen LogP contribution in [-0.4, -0.2) is 23.0 Å². The number of hydrogen-bond donors (Lipinski definition) is 2. The van der Waals surface area contributed by atoms with Gasteiger partial charge < -0.3 is 10.8 Å². The molecule has 3 N–H and O–H groups in total. The first-order valence-electron chi connectivity index (χ1n) is 4.86. The molecule has 0 bridgehead atoms. The molecule has 0 aromatic heterocycles. The summed E-state index contributed by atoms with van der Waals surface area (Å²) in [4.78, 5) is 1.16. The molecule has 0 radical (unpaired) electrons. The fraction of sp³-hybridized carbons (Fsp3) is 0.455. The quantitative estimate of drug-likeness (QED) is 0.731. The second kappa shape index (κ2) is 6.06. The average molecular weight is 211 g/mol. The molecule has 0 aliphatic heterocycles. The Balaban J connectivity index is 2.57. The normalized spacial score (nSPS) is 15.1. The predicted molar refractivity (Wildman–Crippen MR) is 61.4 cm³/mol. The summed E-state index contributed by atoms with van der Waals surface area (Å²) in [7, 11) is 0. The molecule has 1 rings (SSSR count). The van der Waals surface area contributed by atoms with Crippen LogP contribution in [0.25, 0.3) is 0 Å². The summed E-state index contributed by atoms with van der Waals surface area (Å²) in [6.45, 7) is 2.17. The zero-order chi connectivity index (χ0) is 10.4. The van der Waals surface area contributed by atoms with Crippen LogP contribution in [0.15, 0.2) is 35.2 Å². The highest BCUT2D eigenvalue weighted by molar-refractivity contribution is 8.00. The SMILES string of the molecule is CCC(N)C(CO)Sc1ccccc1. The number of benzene rings is 1. The van der Waals surface area contributed by atoms with Crippen molar-refractivity contribution in [2.45, 2.75) is 29.5 Å². The van der Waals surface area contributed by atoms with Crippen LogP contribution in [0.1, 0.15) is 13.3 Å². The third-order valence-electron chi connectivity index (χ3n) is 2.16. The van der Waals surface area contributed by atoms with Gasteiger partial charge in [-0.3, -0.25) is 0 Å². The summed E-state index contributed by atoms with van der Waals surface area (Å²) in [6.07, 6.45) is 0.894. The smallest absolute Gasteiger partial charge is 0.0568 e. The highest BCUT2D eigenvalue weighted by atomic mass is 32.2. The fourth-order valence-electron chi connectivity index (χ4n) is 1.20. The molecule has 2 nitrogen and oxygen atoms in total. The maximum Gasteiger partial charge on any atom is 0.0568 e. The monoisotopic (exact) mass is 211 g/mol. The van der Waals surface area contributed by atoms with Crippen LogP contribution in [0.3, 0.4) is 0 Å². The van der Waals surface area contributed by atoms with Gasteiger partial charge in [-0.05, 0) is 18.6 Å². The van der Waals surface area contributed by atoms with E-state index in [4.69, 9.17) is 5.73 Å². The minimum atomic E-state index is 0.0604. The summed E-state index contributed by atoms with van der Waals surface area (Å²) < 4.78 is 0. The zero-order valence-electron chi connectivity index (χ0n) is 8.39. The van der Waals surface area contributed by atoms with Crippen molar-refractivity contribution in [1.29, 1.82) is 0 Å². The zero-order valence-corrected chi connectivity index (χ0v) is 9.20. The fourth-order valence-corrected chi connectivity index (χ4v) is 2.30. The number of aliphatic hydroxyl groups is 1. The Morgan fingerprint density at radius 1 is 1.36 bits per heavy atom. The van der Waals surface area contributed by atoms with Crippen molar-refractivity contribution in [3.63, 3.8) is 0 Å². The summed E-state index contributed by atoms with van der Waals surface area (Å²) in [6, 6.07) is 10.1. The van der Waals surface area contributed by atoms with Crippen molar-refractivity contribution in [3.05, 3.63) is 30.3 Å². The van der Waals surface area contributed by atoms with E-state index in [1.165, 1.54) is 0 Å². The number of nitrogens with two attached hydrogens (primary N) is 1. The van der Waals surface area contributed by atoms with Gasteiger partial charge in [-0.2, -0.15) is 0 Å². The third kappa shape index (κ3) is 3.33. The van der Waals surface area contributed by atoms with Gasteiger partial charge in [0.15, 0.2) is 0 Å². The molecule has 0 saturated heterocycles. The number of aliphatic hydroxyl groups excluding tert-OH is 1. The summed E-state index contributed by atoms with van der Waals surface area (Å²) in [5.41, 5.74) is 5.89. The van der Waals surface area contributed by atoms with Crippen LogP contribution in [0, 0.1) is 0 Å². The molecule has 0 fully saturated rings. The highest BCUT2D eigenvalue weighted by Gasteiger charge is 2.16.